The molecule has 0 bridgehead atoms. The first-order valence-corrected chi connectivity index (χ1v) is 14.4. The van der Waals surface area contributed by atoms with Crippen molar-refractivity contribution in [1.82, 2.24) is 19.5 Å². The van der Waals surface area contributed by atoms with Crippen molar-refractivity contribution in [2.45, 2.75) is 25.2 Å². The molecule has 1 fully saturated rings. The van der Waals surface area contributed by atoms with Gasteiger partial charge in [0.25, 0.3) is 5.56 Å². The van der Waals surface area contributed by atoms with E-state index in [1.165, 1.54) is 10.9 Å². The molecular weight excluding hydrogens is 549 g/mol. The molecular formula is C15H25N6O12P3. The number of nitrogens with zero attached hydrogens (tertiary/aromatic N) is 3. The van der Waals surface area contributed by atoms with Crippen LogP contribution in [-0.2, 0) is 45.1 Å². The predicted molar refractivity (Wildman–Crippen MR) is 122 cm³/mol. The Kier molecular flexibility index (Phi) is 9.02. The van der Waals surface area contributed by atoms with Crippen LogP contribution < -0.4 is 11.3 Å². The van der Waals surface area contributed by atoms with Crippen LogP contribution in [0.15, 0.2) is 11.1 Å². The third-order valence-electron chi connectivity index (χ3n) is 5.02. The first-order chi connectivity index (χ1) is 16.9. The number of fused-ring (bicyclic) bond motifs is 1. The van der Waals surface area contributed by atoms with Crippen LogP contribution in [0.5, 0.6) is 0 Å². The second-order valence-electron chi connectivity index (χ2n) is 7.21. The van der Waals surface area contributed by atoms with Crippen molar-refractivity contribution in [1.29, 1.82) is 5.41 Å². The molecule has 3 rings (SSSR count). The van der Waals surface area contributed by atoms with E-state index in [-0.39, 0.29) is 29.5 Å². The third-order valence-corrected chi connectivity index (χ3v) is 10.1. The van der Waals surface area contributed by atoms with Crippen molar-refractivity contribution in [3.05, 3.63) is 16.7 Å². The van der Waals surface area contributed by atoms with E-state index in [0.29, 0.717) is 6.42 Å². The maximum Gasteiger partial charge on any atom is 0.492 e. The summed E-state index contributed by atoms with van der Waals surface area (Å²) >= 11 is 0. The Morgan fingerprint density at radius 1 is 1.25 bits per heavy atom. The molecule has 2 aromatic heterocycles. The normalized spacial score (nSPS) is 25.3. The number of aromatic amines is 1. The molecule has 0 aliphatic carbocycles. The van der Waals surface area contributed by atoms with Gasteiger partial charge in [0.1, 0.15) is 6.23 Å². The quantitative estimate of drug-likeness (QED) is 0.197. The number of ether oxygens (including phenoxy) is 1. The molecule has 0 spiro atoms. The van der Waals surface area contributed by atoms with Gasteiger partial charge in [-0.3, -0.25) is 32.4 Å². The van der Waals surface area contributed by atoms with Crippen molar-refractivity contribution >= 4 is 46.8 Å². The fourth-order valence-electron chi connectivity index (χ4n) is 3.33. The van der Waals surface area contributed by atoms with E-state index >= 15 is 0 Å². The molecule has 3 heterocycles. The lowest BCUT2D eigenvalue weighted by molar-refractivity contribution is -0.0289. The van der Waals surface area contributed by atoms with Crippen LogP contribution >= 0.6 is 23.5 Å². The number of anilines is 1. The molecule has 0 amide bonds. The van der Waals surface area contributed by atoms with Crippen LogP contribution in [0.3, 0.4) is 0 Å². The van der Waals surface area contributed by atoms with Gasteiger partial charge >= 0.3 is 23.5 Å². The van der Waals surface area contributed by atoms with E-state index in [0.717, 1.165) is 27.5 Å². The molecule has 0 saturated carbocycles. The van der Waals surface area contributed by atoms with Gasteiger partial charge in [-0.25, -0.2) is 18.7 Å². The first kappa shape index (κ1) is 28.8. The minimum atomic E-state index is -4.95. The highest BCUT2D eigenvalue weighted by Crippen LogP contribution is 2.71. The van der Waals surface area contributed by atoms with Crippen molar-refractivity contribution in [3.63, 3.8) is 0 Å². The van der Waals surface area contributed by atoms with Crippen molar-refractivity contribution in [2.24, 2.45) is 5.92 Å². The van der Waals surface area contributed by atoms with Crippen LogP contribution in [0.25, 0.3) is 11.2 Å². The summed E-state index contributed by atoms with van der Waals surface area (Å²) in [5.74, 6) is -0.460. The lowest BCUT2D eigenvalue weighted by atomic mass is 9.98. The molecule has 1 aliphatic rings. The highest BCUT2D eigenvalue weighted by Gasteiger charge is 2.46. The van der Waals surface area contributed by atoms with Crippen LogP contribution in [0.2, 0.25) is 0 Å². The summed E-state index contributed by atoms with van der Waals surface area (Å²) in [5, 5.41) is 7.47. The minimum absolute atomic E-state index is 0.0425. The summed E-state index contributed by atoms with van der Waals surface area (Å²) in [7, 11) is -12.0. The summed E-state index contributed by atoms with van der Waals surface area (Å²) in [6, 6.07) is 0. The lowest BCUT2D eigenvalue weighted by Crippen LogP contribution is -2.23. The Balaban J connectivity index is 1.78. The Labute approximate surface area is 203 Å². The van der Waals surface area contributed by atoms with Gasteiger partial charge in [-0.05, 0) is 25.0 Å². The maximum absolute atomic E-state index is 12.9. The van der Waals surface area contributed by atoms with Gasteiger partial charge in [-0.15, -0.1) is 0 Å². The van der Waals surface area contributed by atoms with Crippen molar-refractivity contribution in [3.8, 4) is 0 Å². The maximum atomic E-state index is 12.9. The number of nitrogen functional groups attached to an aromatic ring is 1. The Hall–Kier alpha value is -1.81. The number of phosphoric ester groups is 2. The molecule has 5 N–H and O–H groups in total. The summed E-state index contributed by atoms with van der Waals surface area (Å²) in [6.45, 7) is -0.451. The number of hydrogen-bond acceptors (Lipinski definition) is 15. The zero-order chi connectivity index (χ0) is 26.7. The van der Waals surface area contributed by atoms with E-state index in [2.05, 4.69) is 28.3 Å². The standard InChI is InChI=1S/C15H25N6O12P3/c1-27-34(23,24)32-36(26,29-3)33-35(25,28-2)30-7-10-9(4-5-16)6-11(31-10)21-8-18-12-13(21)19-15(17)20-14(12)22/h5,8-11,16H,4,6-7H2,1-3H3,(H,23,24)(H3,17,19,20,22). The average Bonchev–Trinajstić information content (AvgIpc) is 3.41. The zero-order valence-corrected chi connectivity index (χ0v) is 21.9. The number of nitrogens with one attached hydrogen (secondary N) is 2. The Morgan fingerprint density at radius 2 is 1.94 bits per heavy atom. The molecule has 2 aromatic rings. The summed E-state index contributed by atoms with van der Waals surface area (Å²) in [6.07, 6.45) is 1.56. The second kappa shape index (κ2) is 11.3. The minimum Gasteiger partial charge on any atom is -0.369 e. The highest BCUT2D eigenvalue weighted by atomic mass is 31.3. The second-order valence-corrected chi connectivity index (χ2v) is 12.6. The molecule has 6 unspecified atom stereocenters. The molecule has 0 radical (unpaired) electrons. The molecule has 21 heteroatoms. The molecule has 0 aromatic carbocycles. The van der Waals surface area contributed by atoms with E-state index < -0.39 is 48.0 Å². The van der Waals surface area contributed by atoms with Gasteiger partial charge < -0.3 is 20.8 Å². The number of phosphoric acid groups is 3. The number of nitrogens with two attached hydrogens (primary N) is 1. The fraction of sp³-hybridized carbons (Fsp3) is 0.600. The topological polar surface area (TPSA) is 249 Å². The van der Waals surface area contributed by atoms with E-state index in [1.54, 1.807) is 0 Å². The third kappa shape index (κ3) is 6.54. The van der Waals surface area contributed by atoms with Crippen LogP contribution in [0.1, 0.15) is 19.1 Å². The van der Waals surface area contributed by atoms with Crippen LogP contribution in [0.4, 0.5) is 5.95 Å². The first-order valence-electron chi connectivity index (χ1n) is 10.0. The van der Waals surface area contributed by atoms with Gasteiger partial charge in [0.05, 0.1) is 19.0 Å². The lowest BCUT2D eigenvalue weighted by Gasteiger charge is -2.23. The van der Waals surface area contributed by atoms with Crippen LogP contribution in [0, 0.1) is 11.3 Å². The Morgan fingerprint density at radius 3 is 2.56 bits per heavy atom. The number of rotatable bonds is 13. The van der Waals surface area contributed by atoms with Gasteiger partial charge in [0.2, 0.25) is 5.95 Å². The van der Waals surface area contributed by atoms with Gasteiger partial charge in [-0.2, -0.15) is 13.6 Å². The van der Waals surface area contributed by atoms with E-state index in [1.807, 2.05) is 0 Å². The van der Waals surface area contributed by atoms with Gasteiger partial charge in [0, 0.05) is 21.3 Å². The number of H-pyrrole nitrogens is 1. The van der Waals surface area contributed by atoms with E-state index in [4.69, 9.17) is 29.2 Å². The smallest absolute Gasteiger partial charge is 0.369 e. The number of hydrogen-bond donors (Lipinski definition) is 4. The SMILES string of the molecule is COP(=O)(O)OP(=O)(OC)OP(=O)(OC)OCC1OC(n2cnc3c(=O)[nH]c(N)nc32)CC1CC=N. The number of imidazole rings is 1. The van der Waals surface area contributed by atoms with Gasteiger partial charge in [0.15, 0.2) is 11.2 Å². The Bertz CT molecular complexity index is 1300. The van der Waals surface area contributed by atoms with E-state index in [9.17, 15) is 23.4 Å². The molecule has 1 aliphatic heterocycles. The van der Waals surface area contributed by atoms with Gasteiger partial charge in [-0.1, -0.05) is 0 Å². The molecule has 6 atom stereocenters. The summed E-state index contributed by atoms with van der Waals surface area (Å²) < 4.78 is 72.2. The molecule has 202 valence electrons. The van der Waals surface area contributed by atoms with Crippen LogP contribution in [-0.4, -0.2) is 64.7 Å². The predicted octanol–water partition coefficient (Wildman–Crippen LogP) is 1.95. The monoisotopic (exact) mass is 574 g/mol. The highest BCUT2D eigenvalue weighted by molar-refractivity contribution is 7.67. The molecule has 18 nitrogen and oxygen atoms in total. The van der Waals surface area contributed by atoms with Crippen molar-refractivity contribution in [2.75, 3.05) is 33.7 Å². The zero-order valence-electron chi connectivity index (χ0n) is 19.2. The largest absolute Gasteiger partial charge is 0.492 e. The summed E-state index contributed by atoms with van der Waals surface area (Å²) in [5.41, 5.74) is 5.31. The molecule has 36 heavy (non-hydrogen) atoms. The average molecular weight is 574 g/mol. The van der Waals surface area contributed by atoms with Crippen molar-refractivity contribution < 1.29 is 50.0 Å². The summed E-state index contributed by atoms with van der Waals surface area (Å²) in [4.78, 5) is 31.9. The number of aromatic nitrogens is 4. The molecule has 1 saturated heterocycles. The fourth-order valence-corrected chi connectivity index (χ4v) is 7.39.